The number of aromatic nitrogens is 1. The first kappa shape index (κ1) is 24.9. The Labute approximate surface area is 196 Å². The molecule has 3 heterocycles. The van der Waals surface area contributed by atoms with Gasteiger partial charge in [0.05, 0.1) is 6.54 Å². The number of carboxylic acid groups (broad SMARTS) is 1. The zero-order valence-electron chi connectivity index (χ0n) is 18.9. The number of likely N-dealkylation sites (tertiary alicyclic amines) is 2. The molecule has 2 aliphatic heterocycles. The van der Waals surface area contributed by atoms with Gasteiger partial charge in [0.2, 0.25) is 17.7 Å². The number of nitrogens with zero attached hydrogens (tertiary/aromatic N) is 3. The Hall–Kier alpha value is -3.70. The van der Waals surface area contributed by atoms with Crippen molar-refractivity contribution < 1.29 is 33.8 Å². The Bertz CT molecular complexity index is 925. The van der Waals surface area contributed by atoms with Gasteiger partial charge in [-0.15, -0.1) is 0 Å². The van der Waals surface area contributed by atoms with E-state index in [9.17, 15) is 29.1 Å². The lowest BCUT2D eigenvalue weighted by atomic mass is 10.2. The third kappa shape index (κ3) is 6.21. The average molecular weight is 476 g/mol. The summed E-state index contributed by atoms with van der Waals surface area (Å²) in [7, 11) is 0. The van der Waals surface area contributed by atoms with Gasteiger partial charge >= 0.3 is 12.1 Å². The molecule has 0 aliphatic carbocycles. The van der Waals surface area contributed by atoms with Crippen LogP contribution >= 0.6 is 0 Å². The standard InChI is InChI=1S/C22H29N5O7/c1-14(19(29)24-12-18(28)26-10-3-5-17(26)21(31)32)25-20(30)16-4-2-11-27(16)22(33)34-13-15-6-8-23-9-7-15/h6-9,14,16-17H,2-5,10-13H2,1H3,(H,24,29)(H,25,30)(H,31,32)/t14-,16-,17-/m0/s1. The van der Waals surface area contributed by atoms with Crippen LogP contribution in [0.15, 0.2) is 24.5 Å². The summed E-state index contributed by atoms with van der Waals surface area (Å²) in [4.78, 5) is 67.6. The van der Waals surface area contributed by atoms with E-state index in [0.29, 0.717) is 38.8 Å². The van der Waals surface area contributed by atoms with E-state index in [1.807, 2.05) is 0 Å². The molecule has 0 unspecified atom stereocenters. The lowest BCUT2D eigenvalue weighted by Gasteiger charge is -2.25. The Morgan fingerprint density at radius 2 is 1.74 bits per heavy atom. The van der Waals surface area contributed by atoms with Gasteiger partial charge in [0.15, 0.2) is 0 Å². The van der Waals surface area contributed by atoms with Crippen molar-refractivity contribution in [1.82, 2.24) is 25.4 Å². The van der Waals surface area contributed by atoms with Gasteiger partial charge in [0, 0.05) is 25.5 Å². The molecule has 3 atom stereocenters. The number of hydrogen-bond acceptors (Lipinski definition) is 7. The van der Waals surface area contributed by atoms with Crippen LogP contribution in [0.2, 0.25) is 0 Å². The molecule has 1 aromatic heterocycles. The summed E-state index contributed by atoms with van der Waals surface area (Å²) in [6.07, 6.45) is 4.59. The quantitative estimate of drug-likeness (QED) is 0.469. The highest BCUT2D eigenvalue weighted by atomic mass is 16.6. The number of pyridine rings is 1. The minimum absolute atomic E-state index is 0.0543. The zero-order chi connectivity index (χ0) is 24.7. The predicted molar refractivity (Wildman–Crippen MR) is 117 cm³/mol. The Balaban J connectivity index is 1.46. The fraction of sp³-hybridized carbons (Fsp3) is 0.545. The van der Waals surface area contributed by atoms with Crippen molar-refractivity contribution in [3.63, 3.8) is 0 Å². The maximum atomic E-state index is 12.7. The SMILES string of the molecule is C[C@H](NC(=O)[C@@H]1CCCN1C(=O)OCc1ccncc1)C(=O)NCC(=O)N1CCC[C@H]1C(=O)O. The molecule has 3 rings (SSSR count). The largest absolute Gasteiger partial charge is 0.480 e. The van der Waals surface area contributed by atoms with E-state index in [-0.39, 0.29) is 13.2 Å². The summed E-state index contributed by atoms with van der Waals surface area (Å²) in [6, 6.07) is 0.844. The number of hydrogen-bond donors (Lipinski definition) is 3. The number of carbonyl (C=O) groups is 5. The van der Waals surface area contributed by atoms with Gasteiger partial charge in [-0.2, -0.15) is 0 Å². The van der Waals surface area contributed by atoms with Crippen LogP contribution in [0.4, 0.5) is 4.79 Å². The van der Waals surface area contributed by atoms with E-state index in [4.69, 9.17) is 4.74 Å². The van der Waals surface area contributed by atoms with E-state index >= 15 is 0 Å². The van der Waals surface area contributed by atoms with E-state index in [0.717, 1.165) is 5.56 Å². The Morgan fingerprint density at radius 3 is 2.41 bits per heavy atom. The third-order valence-electron chi connectivity index (χ3n) is 5.93. The summed E-state index contributed by atoms with van der Waals surface area (Å²) in [6.45, 7) is 1.85. The second kappa shape index (κ2) is 11.4. The lowest BCUT2D eigenvalue weighted by molar-refractivity contribution is -0.148. The molecule has 2 saturated heterocycles. The molecule has 2 aliphatic rings. The van der Waals surface area contributed by atoms with Gasteiger partial charge in [-0.3, -0.25) is 24.3 Å². The molecule has 4 amide bonds. The predicted octanol–water partition coefficient (Wildman–Crippen LogP) is -0.121. The number of rotatable bonds is 8. The number of nitrogens with one attached hydrogen (secondary N) is 2. The molecule has 0 aromatic carbocycles. The minimum atomic E-state index is -1.07. The summed E-state index contributed by atoms with van der Waals surface area (Å²) >= 11 is 0. The van der Waals surface area contributed by atoms with Crippen LogP contribution < -0.4 is 10.6 Å². The summed E-state index contributed by atoms with van der Waals surface area (Å²) in [5.74, 6) is -2.63. The molecule has 0 saturated carbocycles. The third-order valence-corrected chi connectivity index (χ3v) is 5.93. The highest BCUT2D eigenvalue weighted by molar-refractivity contribution is 5.93. The molecule has 12 nitrogen and oxygen atoms in total. The number of carbonyl (C=O) groups excluding carboxylic acids is 4. The van der Waals surface area contributed by atoms with Crippen molar-refractivity contribution >= 4 is 29.8 Å². The van der Waals surface area contributed by atoms with Gasteiger partial charge in [-0.25, -0.2) is 9.59 Å². The number of amides is 4. The van der Waals surface area contributed by atoms with Crippen LogP contribution in [0.3, 0.4) is 0 Å². The van der Waals surface area contributed by atoms with Crippen LogP contribution in [0, 0.1) is 0 Å². The first-order valence-corrected chi connectivity index (χ1v) is 11.2. The van der Waals surface area contributed by atoms with E-state index in [2.05, 4.69) is 15.6 Å². The topological polar surface area (TPSA) is 158 Å². The zero-order valence-corrected chi connectivity index (χ0v) is 18.9. The summed E-state index contributed by atoms with van der Waals surface area (Å²) in [5.41, 5.74) is 0.770. The normalized spacial score (nSPS) is 20.5. The van der Waals surface area contributed by atoms with Crippen molar-refractivity contribution in [1.29, 1.82) is 0 Å². The van der Waals surface area contributed by atoms with Crippen molar-refractivity contribution in [3.8, 4) is 0 Å². The van der Waals surface area contributed by atoms with Gasteiger partial charge in [0.1, 0.15) is 24.7 Å². The molecule has 12 heteroatoms. The molecule has 34 heavy (non-hydrogen) atoms. The fourth-order valence-corrected chi connectivity index (χ4v) is 4.08. The molecule has 1 aromatic rings. The first-order chi connectivity index (χ1) is 16.3. The smallest absolute Gasteiger partial charge is 0.410 e. The van der Waals surface area contributed by atoms with Crippen LogP contribution in [0.5, 0.6) is 0 Å². The highest BCUT2D eigenvalue weighted by Crippen LogP contribution is 2.19. The van der Waals surface area contributed by atoms with Crippen LogP contribution in [-0.4, -0.2) is 87.4 Å². The molecule has 0 radical (unpaired) electrons. The molecule has 0 spiro atoms. The fourth-order valence-electron chi connectivity index (χ4n) is 4.08. The monoisotopic (exact) mass is 475 g/mol. The second-order valence-electron chi connectivity index (χ2n) is 8.29. The Kier molecular flexibility index (Phi) is 8.39. The number of carboxylic acids is 1. The van der Waals surface area contributed by atoms with Crippen molar-refractivity contribution in [2.24, 2.45) is 0 Å². The minimum Gasteiger partial charge on any atom is -0.480 e. The maximum absolute atomic E-state index is 12.7. The average Bonchev–Trinajstić information content (AvgIpc) is 3.51. The van der Waals surface area contributed by atoms with Crippen LogP contribution in [-0.2, 0) is 30.5 Å². The van der Waals surface area contributed by atoms with Gasteiger partial charge < -0.3 is 25.4 Å². The number of ether oxygens (including phenoxy) is 1. The molecular formula is C22H29N5O7. The molecule has 0 bridgehead atoms. The number of aliphatic carboxylic acids is 1. The maximum Gasteiger partial charge on any atom is 0.410 e. The molecule has 184 valence electrons. The van der Waals surface area contributed by atoms with Crippen molar-refractivity contribution in [3.05, 3.63) is 30.1 Å². The molecule has 2 fully saturated rings. The van der Waals surface area contributed by atoms with E-state index < -0.39 is 47.9 Å². The summed E-state index contributed by atoms with van der Waals surface area (Å²) < 4.78 is 5.30. The van der Waals surface area contributed by atoms with Crippen LogP contribution in [0.25, 0.3) is 0 Å². The van der Waals surface area contributed by atoms with Gasteiger partial charge in [-0.05, 0) is 50.3 Å². The highest BCUT2D eigenvalue weighted by Gasteiger charge is 2.37. The first-order valence-electron chi connectivity index (χ1n) is 11.2. The van der Waals surface area contributed by atoms with E-state index in [1.165, 1.54) is 16.7 Å². The summed E-state index contributed by atoms with van der Waals surface area (Å²) in [5, 5.41) is 14.2. The van der Waals surface area contributed by atoms with Gasteiger partial charge in [-0.1, -0.05) is 0 Å². The van der Waals surface area contributed by atoms with Crippen LogP contribution in [0.1, 0.15) is 38.2 Å². The molecular weight excluding hydrogens is 446 g/mol. The molecule has 3 N–H and O–H groups in total. The lowest BCUT2D eigenvalue weighted by Crippen LogP contribution is -2.53. The van der Waals surface area contributed by atoms with Crippen molar-refractivity contribution in [2.45, 2.75) is 57.3 Å². The van der Waals surface area contributed by atoms with Crippen molar-refractivity contribution in [2.75, 3.05) is 19.6 Å². The van der Waals surface area contributed by atoms with E-state index in [1.54, 1.807) is 24.5 Å². The van der Waals surface area contributed by atoms with Gasteiger partial charge in [0.25, 0.3) is 0 Å². The Morgan fingerprint density at radius 1 is 1.09 bits per heavy atom. The second-order valence-corrected chi connectivity index (χ2v) is 8.29.